The topological polar surface area (TPSA) is 3.24 Å². The van der Waals surface area contributed by atoms with Gasteiger partial charge in [0.05, 0.1) is 0 Å². The summed E-state index contributed by atoms with van der Waals surface area (Å²) < 4.78 is 0. The molecular formula is C10H21N. The Balaban J connectivity index is 2.21. The van der Waals surface area contributed by atoms with E-state index in [-0.39, 0.29) is 0 Å². The lowest BCUT2D eigenvalue weighted by molar-refractivity contribution is 0.113. The smallest absolute Gasteiger partial charge is 0.00950 e. The molecule has 1 aliphatic carbocycles. The largest absolute Gasteiger partial charge is 0.301 e. The van der Waals surface area contributed by atoms with Gasteiger partial charge in [-0.3, -0.25) is 0 Å². The van der Waals surface area contributed by atoms with E-state index in [4.69, 9.17) is 0 Å². The molecule has 0 aromatic carbocycles. The maximum atomic E-state index is 2.56. The average Bonchev–Trinajstić information content (AvgIpc) is 1.84. The van der Waals surface area contributed by atoms with Gasteiger partial charge in [-0.25, -0.2) is 0 Å². The zero-order valence-corrected chi connectivity index (χ0v) is 8.14. The zero-order chi connectivity index (χ0) is 8.27. The fourth-order valence-electron chi connectivity index (χ4n) is 1.78. The molecule has 0 aromatic rings. The Morgan fingerprint density at radius 1 is 1.45 bits per heavy atom. The van der Waals surface area contributed by atoms with E-state index in [0.717, 1.165) is 12.1 Å². The van der Waals surface area contributed by atoms with E-state index in [1.807, 2.05) is 0 Å². The highest BCUT2D eigenvalue weighted by atomic mass is 15.2. The summed E-state index contributed by atoms with van der Waals surface area (Å²) in [5.41, 5.74) is 0. The predicted molar refractivity (Wildman–Crippen MR) is 49.8 cm³/mol. The summed E-state index contributed by atoms with van der Waals surface area (Å²) in [6.07, 6.45) is 6.99. The van der Waals surface area contributed by atoms with Crippen LogP contribution in [0, 0.1) is 0 Å². The van der Waals surface area contributed by atoms with Crippen molar-refractivity contribution in [3.63, 3.8) is 0 Å². The number of rotatable bonds is 4. The summed E-state index contributed by atoms with van der Waals surface area (Å²) in [6, 6.07) is 1.71. The van der Waals surface area contributed by atoms with Gasteiger partial charge in [0.1, 0.15) is 0 Å². The Hall–Kier alpha value is -0.0400. The van der Waals surface area contributed by atoms with E-state index in [2.05, 4.69) is 25.8 Å². The summed E-state index contributed by atoms with van der Waals surface area (Å²) in [6.45, 7) is 4.62. The van der Waals surface area contributed by atoms with Crippen molar-refractivity contribution in [2.45, 2.75) is 58.0 Å². The van der Waals surface area contributed by atoms with Crippen LogP contribution in [0.3, 0.4) is 0 Å². The van der Waals surface area contributed by atoms with Gasteiger partial charge in [-0.2, -0.15) is 0 Å². The molecule has 1 fully saturated rings. The maximum Gasteiger partial charge on any atom is 0.00950 e. The fourth-order valence-corrected chi connectivity index (χ4v) is 1.78. The maximum absolute atomic E-state index is 2.56. The molecule has 0 radical (unpaired) electrons. The molecule has 1 rings (SSSR count). The minimum atomic E-state index is 0.797. The molecule has 1 heteroatoms. The van der Waals surface area contributed by atoms with E-state index >= 15 is 0 Å². The SMILES string of the molecule is CCCC(C)N(C)C1CCC1. The van der Waals surface area contributed by atoms with Crippen LogP contribution >= 0.6 is 0 Å². The first-order valence-electron chi connectivity index (χ1n) is 4.97. The van der Waals surface area contributed by atoms with Crippen LogP contribution in [0.25, 0.3) is 0 Å². The molecule has 1 unspecified atom stereocenters. The first kappa shape index (κ1) is 9.05. The van der Waals surface area contributed by atoms with Gasteiger partial charge in [0.15, 0.2) is 0 Å². The highest BCUT2D eigenvalue weighted by molar-refractivity contribution is 4.80. The monoisotopic (exact) mass is 155 g/mol. The fraction of sp³-hybridized carbons (Fsp3) is 1.00. The molecule has 0 amide bonds. The minimum Gasteiger partial charge on any atom is -0.301 e. The second-order valence-corrected chi connectivity index (χ2v) is 3.89. The van der Waals surface area contributed by atoms with Gasteiger partial charge < -0.3 is 4.90 Å². The second kappa shape index (κ2) is 4.10. The van der Waals surface area contributed by atoms with Crippen LogP contribution in [0.15, 0.2) is 0 Å². The van der Waals surface area contributed by atoms with Crippen molar-refractivity contribution >= 4 is 0 Å². The molecule has 0 heterocycles. The molecule has 1 atom stereocenters. The van der Waals surface area contributed by atoms with Gasteiger partial charge >= 0.3 is 0 Å². The summed E-state index contributed by atoms with van der Waals surface area (Å²) >= 11 is 0. The first-order chi connectivity index (χ1) is 5.25. The van der Waals surface area contributed by atoms with Crippen LogP contribution in [0.4, 0.5) is 0 Å². The molecule has 11 heavy (non-hydrogen) atoms. The van der Waals surface area contributed by atoms with E-state index in [1.54, 1.807) is 0 Å². The molecule has 0 saturated heterocycles. The van der Waals surface area contributed by atoms with Crippen molar-refractivity contribution in [3.05, 3.63) is 0 Å². The Morgan fingerprint density at radius 2 is 2.09 bits per heavy atom. The normalized spacial score (nSPS) is 21.8. The van der Waals surface area contributed by atoms with E-state index in [1.165, 1.54) is 32.1 Å². The van der Waals surface area contributed by atoms with Crippen LogP contribution in [0.5, 0.6) is 0 Å². The summed E-state index contributed by atoms with van der Waals surface area (Å²) in [4.78, 5) is 2.56. The average molecular weight is 155 g/mol. The molecular weight excluding hydrogens is 134 g/mol. The number of nitrogens with zero attached hydrogens (tertiary/aromatic N) is 1. The molecule has 1 nitrogen and oxygen atoms in total. The van der Waals surface area contributed by atoms with E-state index in [0.29, 0.717) is 0 Å². The Kier molecular flexibility index (Phi) is 3.38. The van der Waals surface area contributed by atoms with Crippen molar-refractivity contribution in [1.29, 1.82) is 0 Å². The molecule has 66 valence electrons. The highest BCUT2D eigenvalue weighted by Crippen LogP contribution is 2.25. The van der Waals surface area contributed by atoms with Crippen molar-refractivity contribution in [2.75, 3.05) is 7.05 Å². The first-order valence-corrected chi connectivity index (χ1v) is 4.97. The molecule has 0 N–H and O–H groups in total. The van der Waals surface area contributed by atoms with Gasteiger partial charge in [-0.05, 0) is 33.2 Å². The van der Waals surface area contributed by atoms with Crippen LogP contribution in [0.1, 0.15) is 46.0 Å². The third-order valence-electron chi connectivity index (χ3n) is 3.05. The Bertz CT molecular complexity index is 107. The molecule has 0 aliphatic heterocycles. The molecule has 1 aliphatic rings. The van der Waals surface area contributed by atoms with Gasteiger partial charge in [0, 0.05) is 12.1 Å². The Morgan fingerprint density at radius 3 is 2.45 bits per heavy atom. The van der Waals surface area contributed by atoms with Gasteiger partial charge in [0.25, 0.3) is 0 Å². The molecule has 0 aromatic heterocycles. The number of hydrogen-bond donors (Lipinski definition) is 0. The van der Waals surface area contributed by atoms with Gasteiger partial charge in [-0.15, -0.1) is 0 Å². The lowest BCUT2D eigenvalue weighted by atomic mass is 9.90. The van der Waals surface area contributed by atoms with Crippen LogP contribution in [-0.4, -0.2) is 24.0 Å². The highest BCUT2D eigenvalue weighted by Gasteiger charge is 2.24. The van der Waals surface area contributed by atoms with Gasteiger partial charge in [0.2, 0.25) is 0 Å². The van der Waals surface area contributed by atoms with Crippen molar-refractivity contribution in [1.82, 2.24) is 4.90 Å². The predicted octanol–water partition coefficient (Wildman–Crippen LogP) is 2.66. The quantitative estimate of drug-likeness (QED) is 0.603. The van der Waals surface area contributed by atoms with Crippen LogP contribution in [0.2, 0.25) is 0 Å². The lowest BCUT2D eigenvalue weighted by Crippen LogP contribution is -2.42. The van der Waals surface area contributed by atoms with Crippen molar-refractivity contribution in [2.24, 2.45) is 0 Å². The molecule has 1 saturated carbocycles. The Labute approximate surface area is 70.8 Å². The van der Waals surface area contributed by atoms with E-state index < -0.39 is 0 Å². The molecule has 0 spiro atoms. The standard InChI is InChI=1S/C10H21N/c1-4-6-9(2)11(3)10-7-5-8-10/h9-10H,4-8H2,1-3H3. The van der Waals surface area contributed by atoms with Crippen LogP contribution in [-0.2, 0) is 0 Å². The zero-order valence-electron chi connectivity index (χ0n) is 8.14. The summed E-state index contributed by atoms with van der Waals surface area (Å²) in [5.74, 6) is 0. The third-order valence-corrected chi connectivity index (χ3v) is 3.05. The van der Waals surface area contributed by atoms with Gasteiger partial charge in [-0.1, -0.05) is 19.8 Å². The third kappa shape index (κ3) is 2.19. The van der Waals surface area contributed by atoms with Crippen LogP contribution < -0.4 is 0 Å². The second-order valence-electron chi connectivity index (χ2n) is 3.89. The number of hydrogen-bond acceptors (Lipinski definition) is 1. The van der Waals surface area contributed by atoms with Crippen molar-refractivity contribution < 1.29 is 0 Å². The summed E-state index contributed by atoms with van der Waals surface area (Å²) in [5, 5.41) is 0. The van der Waals surface area contributed by atoms with E-state index in [9.17, 15) is 0 Å². The van der Waals surface area contributed by atoms with Crippen molar-refractivity contribution in [3.8, 4) is 0 Å². The molecule has 0 bridgehead atoms. The summed E-state index contributed by atoms with van der Waals surface area (Å²) in [7, 11) is 2.28. The lowest BCUT2D eigenvalue weighted by Gasteiger charge is -2.38. The minimum absolute atomic E-state index is 0.797.